The lowest BCUT2D eigenvalue weighted by atomic mass is 10.1. The van der Waals surface area contributed by atoms with Crippen molar-refractivity contribution in [3.05, 3.63) is 23.8 Å². The summed E-state index contributed by atoms with van der Waals surface area (Å²) < 4.78 is 22.0. The van der Waals surface area contributed by atoms with E-state index < -0.39 is 0 Å². The molecule has 0 saturated carbocycles. The van der Waals surface area contributed by atoms with Crippen LogP contribution in [-0.4, -0.2) is 46.7 Å². The fraction of sp³-hybridized carbons (Fsp3) is 0.600. The molecule has 112 valence electrons. The van der Waals surface area contributed by atoms with Crippen LogP contribution in [-0.2, 0) is 9.47 Å². The molecule has 1 aliphatic rings. The van der Waals surface area contributed by atoms with Crippen molar-refractivity contribution < 1.29 is 18.9 Å². The van der Waals surface area contributed by atoms with E-state index in [4.69, 9.17) is 18.9 Å². The van der Waals surface area contributed by atoms with E-state index in [9.17, 15) is 0 Å². The van der Waals surface area contributed by atoms with E-state index >= 15 is 0 Å². The molecule has 1 unspecified atom stereocenters. The third-order valence-electron chi connectivity index (χ3n) is 3.18. The number of likely N-dealkylation sites (N-methyl/N-ethyl adjacent to an activating group) is 1. The van der Waals surface area contributed by atoms with Gasteiger partial charge in [-0.1, -0.05) is 6.07 Å². The summed E-state index contributed by atoms with van der Waals surface area (Å²) in [7, 11) is 1.92. The maximum Gasteiger partial charge on any atom is 0.161 e. The van der Waals surface area contributed by atoms with Gasteiger partial charge in [-0.3, -0.25) is 0 Å². The maximum atomic E-state index is 5.63. The molecule has 1 heterocycles. The molecular formula is C15H23NO4. The van der Waals surface area contributed by atoms with Gasteiger partial charge in [-0.2, -0.15) is 0 Å². The first-order valence-electron chi connectivity index (χ1n) is 7.07. The number of benzene rings is 1. The lowest BCUT2D eigenvalue weighted by molar-refractivity contribution is 0.0441. The van der Waals surface area contributed by atoms with E-state index in [1.54, 1.807) is 0 Å². The summed E-state index contributed by atoms with van der Waals surface area (Å²) in [5, 5.41) is 3.25. The average Bonchev–Trinajstić information content (AvgIpc) is 2.50. The minimum atomic E-state index is 0.132. The predicted octanol–water partition coefficient (Wildman–Crippen LogP) is 1.77. The maximum absolute atomic E-state index is 5.63. The zero-order chi connectivity index (χ0) is 14.2. The Morgan fingerprint density at radius 2 is 1.90 bits per heavy atom. The molecule has 0 bridgehead atoms. The number of ether oxygens (including phenoxy) is 4. The van der Waals surface area contributed by atoms with E-state index in [0.29, 0.717) is 33.0 Å². The van der Waals surface area contributed by atoms with Crippen LogP contribution in [0, 0.1) is 0 Å². The van der Waals surface area contributed by atoms with Crippen LogP contribution in [0.5, 0.6) is 11.5 Å². The molecule has 1 aliphatic heterocycles. The lowest BCUT2D eigenvalue weighted by Gasteiger charge is -2.22. The number of nitrogens with one attached hydrogen (secondary N) is 1. The first-order valence-corrected chi connectivity index (χ1v) is 7.07. The van der Waals surface area contributed by atoms with Crippen molar-refractivity contribution in [2.75, 3.05) is 46.7 Å². The number of fused-ring (bicyclic) bond motifs is 1. The molecule has 1 aromatic carbocycles. The largest absolute Gasteiger partial charge is 0.486 e. The van der Waals surface area contributed by atoms with Crippen molar-refractivity contribution >= 4 is 0 Å². The smallest absolute Gasteiger partial charge is 0.161 e. The molecule has 0 saturated heterocycles. The quantitative estimate of drug-likeness (QED) is 0.736. The van der Waals surface area contributed by atoms with Gasteiger partial charge < -0.3 is 24.3 Å². The highest BCUT2D eigenvalue weighted by Crippen LogP contribution is 2.32. The summed E-state index contributed by atoms with van der Waals surface area (Å²) in [6.45, 7) is 5.76. The molecule has 0 amide bonds. The van der Waals surface area contributed by atoms with E-state index in [-0.39, 0.29) is 6.04 Å². The van der Waals surface area contributed by atoms with Crippen LogP contribution in [0.25, 0.3) is 0 Å². The molecule has 0 spiro atoms. The number of hydrogen-bond donors (Lipinski definition) is 1. The second-order valence-corrected chi connectivity index (χ2v) is 4.52. The predicted molar refractivity (Wildman–Crippen MR) is 76.5 cm³/mol. The summed E-state index contributed by atoms with van der Waals surface area (Å²) in [6, 6.07) is 6.14. The fourth-order valence-electron chi connectivity index (χ4n) is 2.09. The van der Waals surface area contributed by atoms with Crippen LogP contribution in [0.4, 0.5) is 0 Å². The summed E-state index contributed by atoms with van der Waals surface area (Å²) in [5.41, 5.74) is 1.13. The molecule has 5 nitrogen and oxygen atoms in total. The monoisotopic (exact) mass is 281 g/mol. The Hall–Kier alpha value is -1.30. The van der Waals surface area contributed by atoms with E-state index in [0.717, 1.165) is 23.7 Å². The Labute approximate surface area is 120 Å². The van der Waals surface area contributed by atoms with Gasteiger partial charge in [0.2, 0.25) is 0 Å². The molecular weight excluding hydrogens is 258 g/mol. The van der Waals surface area contributed by atoms with E-state index in [1.165, 1.54) is 0 Å². The Kier molecular flexibility index (Phi) is 6.11. The molecule has 1 atom stereocenters. The van der Waals surface area contributed by atoms with Crippen LogP contribution in [0.3, 0.4) is 0 Å². The first kappa shape index (κ1) is 15.1. The van der Waals surface area contributed by atoms with Gasteiger partial charge in [0.05, 0.1) is 25.9 Å². The van der Waals surface area contributed by atoms with Crippen LogP contribution in [0.2, 0.25) is 0 Å². The molecule has 0 aromatic heterocycles. The van der Waals surface area contributed by atoms with Crippen molar-refractivity contribution in [2.45, 2.75) is 13.0 Å². The Morgan fingerprint density at radius 3 is 2.65 bits per heavy atom. The molecule has 1 N–H and O–H groups in total. The van der Waals surface area contributed by atoms with Crippen LogP contribution < -0.4 is 14.8 Å². The normalized spacial score (nSPS) is 15.1. The average molecular weight is 281 g/mol. The lowest BCUT2D eigenvalue weighted by Crippen LogP contribution is -2.23. The Balaban J connectivity index is 1.90. The molecule has 0 fully saturated rings. The number of rotatable bonds is 8. The van der Waals surface area contributed by atoms with Gasteiger partial charge in [-0.25, -0.2) is 0 Å². The van der Waals surface area contributed by atoms with Gasteiger partial charge in [0.15, 0.2) is 11.5 Å². The fourth-order valence-corrected chi connectivity index (χ4v) is 2.09. The van der Waals surface area contributed by atoms with Crippen molar-refractivity contribution in [3.8, 4) is 11.5 Å². The highest BCUT2D eigenvalue weighted by Gasteiger charge is 2.16. The Bertz CT molecular complexity index is 411. The summed E-state index contributed by atoms with van der Waals surface area (Å²) in [4.78, 5) is 0. The van der Waals surface area contributed by atoms with E-state index in [2.05, 4.69) is 5.32 Å². The van der Waals surface area contributed by atoms with Gasteiger partial charge in [0.1, 0.15) is 13.2 Å². The van der Waals surface area contributed by atoms with E-state index in [1.807, 2.05) is 32.2 Å². The van der Waals surface area contributed by atoms with Gasteiger partial charge >= 0.3 is 0 Å². The van der Waals surface area contributed by atoms with Crippen LogP contribution >= 0.6 is 0 Å². The third-order valence-corrected chi connectivity index (χ3v) is 3.18. The number of hydrogen-bond acceptors (Lipinski definition) is 5. The molecule has 2 rings (SSSR count). The van der Waals surface area contributed by atoms with Crippen LogP contribution in [0.1, 0.15) is 18.5 Å². The zero-order valence-electron chi connectivity index (χ0n) is 12.2. The minimum Gasteiger partial charge on any atom is -0.486 e. The topological polar surface area (TPSA) is 49.0 Å². The van der Waals surface area contributed by atoms with Gasteiger partial charge in [0.25, 0.3) is 0 Å². The minimum absolute atomic E-state index is 0.132. The van der Waals surface area contributed by atoms with Crippen molar-refractivity contribution in [1.82, 2.24) is 5.32 Å². The SMILES string of the molecule is CCOCCOCC(NC)c1ccc2c(c1)OCCO2. The second-order valence-electron chi connectivity index (χ2n) is 4.52. The molecule has 20 heavy (non-hydrogen) atoms. The molecule has 1 aromatic rings. The summed E-state index contributed by atoms with van der Waals surface area (Å²) >= 11 is 0. The van der Waals surface area contributed by atoms with Crippen LogP contribution in [0.15, 0.2) is 18.2 Å². The van der Waals surface area contributed by atoms with Crippen molar-refractivity contribution in [3.63, 3.8) is 0 Å². The van der Waals surface area contributed by atoms with Crippen molar-refractivity contribution in [2.24, 2.45) is 0 Å². The first-order chi connectivity index (χ1) is 9.85. The molecule has 5 heteroatoms. The van der Waals surface area contributed by atoms with Crippen molar-refractivity contribution in [1.29, 1.82) is 0 Å². The highest BCUT2D eigenvalue weighted by molar-refractivity contribution is 5.44. The van der Waals surface area contributed by atoms with Gasteiger partial charge in [0, 0.05) is 6.61 Å². The van der Waals surface area contributed by atoms with Gasteiger partial charge in [-0.15, -0.1) is 0 Å². The summed E-state index contributed by atoms with van der Waals surface area (Å²) in [5.74, 6) is 1.62. The molecule has 0 aliphatic carbocycles. The third kappa shape index (κ3) is 4.10. The zero-order valence-corrected chi connectivity index (χ0v) is 12.2. The second kappa shape index (κ2) is 8.09. The highest BCUT2D eigenvalue weighted by atomic mass is 16.6. The molecule has 0 radical (unpaired) electrons. The standard InChI is InChI=1S/C15H23NO4/c1-3-17-6-7-18-11-13(16-2)12-4-5-14-15(10-12)20-9-8-19-14/h4-5,10,13,16H,3,6-9,11H2,1-2H3. The Morgan fingerprint density at radius 1 is 1.15 bits per heavy atom. The van der Waals surface area contributed by atoms with Gasteiger partial charge in [-0.05, 0) is 31.7 Å². The summed E-state index contributed by atoms with van der Waals surface area (Å²) in [6.07, 6.45) is 0.